The molecule has 2 nitrogen and oxygen atoms in total. The van der Waals surface area contributed by atoms with E-state index in [1.54, 1.807) is 0 Å². The molecule has 2 unspecified atom stereocenters. The fraction of sp³-hybridized carbons (Fsp3) is 0.400. The standard InChI is InChI=1S/C10H10BrF4NO/c1-5(16)9(10(13,14)15)17-8-3-2-6(11)4-7(8)12/h2-5,9H,16H2,1H3. The third kappa shape index (κ3) is 3.85. The van der Waals surface area contributed by atoms with Gasteiger partial charge in [-0.3, -0.25) is 0 Å². The van der Waals surface area contributed by atoms with Crippen LogP contribution in [-0.2, 0) is 0 Å². The molecule has 17 heavy (non-hydrogen) atoms. The zero-order valence-corrected chi connectivity index (χ0v) is 10.3. The van der Waals surface area contributed by atoms with Crippen molar-refractivity contribution in [3.63, 3.8) is 0 Å². The Labute approximate surface area is 104 Å². The molecule has 0 aliphatic carbocycles. The van der Waals surface area contributed by atoms with Crippen molar-refractivity contribution in [1.29, 1.82) is 0 Å². The maximum absolute atomic E-state index is 13.3. The Morgan fingerprint density at radius 1 is 1.35 bits per heavy atom. The molecule has 0 spiro atoms. The van der Waals surface area contributed by atoms with Crippen molar-refractivity contribution in [2.24, 2.45) is 5.73 Å². The smallest absolute Gasteiger partial charge is 0.426 e. The van der Waals surface area contributed by atoms with Gasteiger partial charge in [-0.1, -0.05) is 15.9 Å². The molecule has 0 aliphatic heterocycles. The van der Waals surface area contributed by atoms with E-state index in [9.17, 15) is 17.6 Å². The molecule has 2 atom stereocenters. The van der Waals surface area contributed by atoms with Crippen molar-refractivity contribution in [3.05, 3.63) is 28.5 Å². The molecule has 2 N–H and O–H groups in total. The maximum atomic E-state index is 13.3. The summed E-state index contributed by atoms with van der Waals surface area (Å²) in [7, 11) is 0. The molecule has 0 amide bonds. The van der Waals surface area contributed by atoms with E-state index in [0.717, 1.165) is 19.1 Å². The molecule has 1 aromatic carbocycles. The predicted molar refractivity (Wildman–Crippen MR) is 58.2 cm³/mol. The van der Waals surface area contributed by atoms with Gasteiger partial charge in [-0.15, -0.1) is 0 Å². The molecule has 1 rings (SSSR count). The van der Waals surface area contributed by atoms with Crippen molar-refractivity contribution in [2.75, 3.05) is 0 Å². The molecule has 0 saturated heterocycles. The molecule has 96 valence electrons. The average Bonchev–Trinajstić information content (AvgIpc) is 2.13. The van der Waals surface area contributed by atoms with Crippen molar-refractivity contribution in [1.82, 2.24) is 0 Å². The highest BCUT2D eigenvalue weighted by molar-refractivity contribution is 9.10. The van der Waals surface area contributed by atoms with Gasteiger partial charge >= 0.3 is 6.18 Å². The summed E-state index contributed by atoms with van der Waals surface area (Å²) in [5.41, 5.74) is 5.17. The second-order valence-corrected chi connectivity index (χ2v) is 4.43. The van der Waals surface area contributed by atoms with E-state index in [1.807, 2.05) is 0 Å². The number of hydrogen-bond donors (Lipinski definition) is 1. The van der Waals surface area contributed by atoms with E-state index in [-0.39, 0.29) is 0 Å². The minimum absolute atomic E-state index is 0.409. The fourth-order valence-corrected chi connectivity index (χ4v) is 1.51. The van der Waals surface area contributed by atoms with Crippen LogP contribution in [0.4, 0.5) is 17.6 Å². The summed E-state index contributed by atoms with van der Waals surface area (Å²) in [6, 6.07) is 2.22. The lowest BCUT2D eigenvalue weighted by Crippen LogP contribution is -2.47. The first kappa shape index (κ1) is 14.2. The number of alkyl halides is 3. The van der Waals surface area contributed by atoms with E-state index < -0.39 is 29.9 Å². The van der Waals surface area contributed by atoms with Crippen LogP contribution < -0.4 is 10.5 Å². The molecule has 0 saturated carbocycles. The molecule has 0 bridgehead atoms. The highest BCUT2D eigenvalue weighted by Crippen LogP contribution is 2.29. The summed E-state index contributed by atoms with van der Waals surface area (Å²) < 4.78 is 55.9. The second kappa shape index (κ2) is 5.22. The summed E-state index contributed by atoms with van der Waals surface area (Å²) >= 11 is 2.99. The van der Waals surface area contributed by atoms with Crippen molar-refractivity contribution in [2.45, 2.75) is 25.2 Å². The predicted octanol–water partition coefficient (Wildman–Crippen LogP) is 3.25. The van der Waals surface area contributed by atoms with Gasteiger partial charge in [0.1, 0.15) is 0 Å². The van der Waals surface area contributed by atoms with Gasteiger partial charge in [0.15, 0.2) is 11.6 Å². The third-order valence-corrected chi connectivity index (χ3v) is 2.44. The van der Waals surface area contributed by atoms with Gasteiger partial charge in [0.25, 0.3) is 0 Å². The Bertz CT molecular complexity index is 394. The van der Waals surface area contributed by atoms with Gasteiger partial charge in [0.2, 0.25) is 6.10 Å². The Morgan fingerprint density at radius 2 is 1.94 bits per heavy atom. The molecule has 0 aliphatic rings. The van der Waals surface area contributed by atoms with Crippen molar-refractivity contribution < 1.29 is 22.3 Å². The van der Waals surface area contributed by atoms with Gasteiger partial charge < -0.3 is 10.5 Å². The third-order valence-electron chi connectivity index (χ3n) is 1.95. The molecule has 0 fully saturated rings. The lowest BCUT2D eigenvalue weighted by molar-refractivity contribution is -0.199. The summed E-state index contributed by atoms with van der Waals surface area (Å²) in [4.78, 5) is 0. The lowest BCUT2D eigenvalue weighted by Gasteiger charge is -2.24. The van der Waals surface area contributed by atoms with Crippen LogP contribution in [0.3, 0.4) is 0 Å². The van der Waals surface area contributed by atoms with Crippen LogP contribution in [0.5, 0.6) is 5.75 Å². The first-order valence-corrected chi connectivity index (χ1v) is 5.45. The first-order chi connectivity index (χ1) is 7.71. The summed E-state index contributed by atoms with van der Waals surface area (Å²) in [5.74, 6) is -1.36. The van der Waals surface area contributed by atoms with E-state index in [2.05, 4.69) is 20.7 Å². The summed E-state index contributed by atoms with van der Waals surface area (Å²) in [5, 5.41) is 0. The average molecular weight is 316 g/mol. The number of halogens is 5. The van der Waals surface area contributed by atoms with Crippen molar-refractivity contribution in [3.8, 4) is 5.75 Å². The van der Waals surface area contributed by atoms with Gasteiger partial charge in [-0.25, -0.2) is 4.39 Å². The van der Waals surface area contributed by atoms with Crippen LogP contribution in [0.1, 0.15) is 6.92 Å². The molecule has 0 radical (unpaired) electrons. The lowest BCUT2D eigenvalue weighted by atomic mass is 10.2. The number of rotatable bonds is 3. The minimum atomic E-state index is -4.65. The highest BCUT2D eigenvalue weighted by atomic mass is 79.9. The zero-order valence-electron chi connectivity index (χ0n) is 8.76. The van der Waals surface area contributed by atoms with E-state index in [1.165, 1.54) is 6.07 Å². The van der Waals surface area contributed by atoms with Crippen LogP contribution in [0.15, 0.2) is 22.7 Å². The second-order valence-electron chi connectivity index (χ2n) is 3.51. The monoisotopic (exact) mass is 315 g/mol. The molecule has 0 aromatic heterocycles. The number of ether oxygens (including phenoxy) is 1. The molecule has 1 aromatic rings. The normalized spacial score (nSPS) is 15.5. The SMILES string of the molecule is CC(N)C(Oc1ccc(Br)cc1F)C(F)(F)F. The molecule has 0 heterocycles. The summed E-state index contributed by atoms with van der Waals surface area (Å²) in [6.07, 6.45) is -6.88. The Kier molecular flexibility index (Phi) is 4.37. The van der Waals surface area contributed by atoms with E-state index in [0.29, 0.717) is 4.47 Å². The van der Waals surface area contributed by atoms with Gasteiger partial charge in [0.05, 0.1) is 0 Å². The van der Waals surface area contributed by atoms with Crippen molar-refractivity contribution >= 4 is 15.9 Å². The topological polar surface area (TPSA) is 35.2 Å². The summed E-state index contributed by atoms with van der Waals surface area (Å²) in [6.45, 7) is 1.15. The van der Waals surface area contributed by atoms with E-state index in [4.69, 9.17) is 5.73 Å². The number of hydrogen-bond acceptors (Lipinski definition) is 2. The number of benzene rings is 1. The largest absolute Gasteiger partial charge is 0.476 e. The Balaban J connectivity index is 2.94. The molecular formula is C10H10BrF4NO. The fourth-order valence-electron chi connectivity index (χ4n) is 1.18. The first-order valence-electron chi connectivity index (χ1n) is 4.66. The molecule has 7 heteroatoms. The quantitative estimate of drug-likeness (QED) is 0.869. The Morgan fingerprint density at radius 3 is 2.35 bits per heavy atom. The van der Waals surface area contributed by atoms with E-state index >= 15 is 0 Å². The minimum Gasteiger partial charge on any atom is -0.476 e. The van der Waals surface area contributed by atoms with Crippen LogP contribution in [-0.4, -0.2) is 18.3 Å². The Hall–Kier alpha value is -0.820. The van der Waals surface area contributed by atoms with Crippen LogP contribution in [0.25, 0.3) is 0 Å². The molecular weight excluding hydrogens is 306 g/mol. The van der Waals surface area contributed by atoms with Crippen LogP contribution in [0.2, 0.25) is 0 Å². The zero-order chi connectivity index (χ0) is 13.2. The van der Waals surface area contributed by atoms with Gasteiger partial charge in [-0.05, 0) is 25.1 Å². The highest BCUT2D eigenvalue weighted by Gasteiger charge is 2.44. The van der Waals surface area contributed by atoms with Crippen LogP contribution >= 0.6 is 15.9 Å². The maximum Gasteiger partial charge on any atom is 0.426 e. The number of nitrogens with two attached hydrogens (primary N) is 1. The van der Waals surface area contributed by atoms with Crippen LogP contribution in [0, 0.1) is 5.82 Å². The van der Waals surface area contributed by atoms with Gasteiger partial charge in [0, 0.05) is 10.5 Å². The van der Waals surface area contributed by atoms with Gasteiger partial charge in [-0.2, -0.15) is 13.2 Å².